The van der Waals surface area contributed by atoms with E-state index in [-0.39, 0.29) is 30.8 Å². The summed E-state index contributed by atoms with van der Waals surface area (Å²) in [6.07, 6.45) is 0. The van der Waals surface area contributed by atoms with Crippen LogP contribution in [-0.4, -0.2) is 51.5 Å². The van der Waals surface area contributed by atoms with Crippen molar-refractivity contribution < 1.29 is 18.8 Å². The van der Waals surface area contributed by atoms with Gasteiger partial charge in [0.15, 0.2) is 5.82 Å². The van der Waals surface area contributed by atoms with Gasteiger partial charge >= 0.3 is 0 Å². The lowest BCUT2D eigenvalue weighted by Gasteiger charge is -2.38. The fourth-order valence-corrected chi connectivity index (χ4v) is 2.97. The molecule has 8 heteroatoms. The van der Waals surface area contributed by atoms with Crippen molar-refractivity contribution in [3.8, 4) is 5.75 Å². The lowest BCUT2D eigenvalue weighted by atomic mass is 10.1. The average molecular weight is 372 g/mol. The molecular formula is C19H24N4O4. The van der Waals surface area contributed by atoms with E-state index in [1.807, 2.05) is 38.1 Å². The van der Waals surface area contributed by atoms with Crippen molar-refractivity contribution in [2.45, 2.75) is 45.8 Å². The van der Waals surface area contributed by atoms with Crippen molar-refractivity contribution >= 4 is 11.8 Å². The van der Waals surface area contributed by atoms with Crippen LogP contribution in [0.2, 0.25) is 0 Å². The molecule has 0 unspecified atom stereocenters. The summed E-state index contributed by atoms with van der Waals surface area (Å²) in [6, 6.07) is 6.87. The largest absolute Gasteiger partial charge is 0.497 e. The predicted octanol–water partition coefficient (Wildman–Crippen LogP) is 1.96. The van der Waals surface area contributed by atoms with E-state index in [0.29, 0.717) is 18.3 Å². The van der Waals surface area contributed by atoms with Crippen molar-refractivity contribution in [1.82, 2.24) is 19.9 Å². The summed E-state index contributed by atoms with van der Waals surface area (Å²) in [7, 11) is 1.60. The van der Waals surface area contributed by atoms with Crippen molar-refractivity contribution in [2.24, 2.45) is 0 Å². The van der Waals surface area contributed by atoms with Gasteiger partial charge in [0.1, 0.15) is 24.9 Å². The van der Waals surface area contributed by atoms with Gasteiger partial charge in [-0.1, -0.05) is 31.1 Å². The predicted molar refractivity (Wildman–Crippen MR) is 96.8 cm³/mol. The molecule has 1 aromatic heterocycles. The molecule has 2 amide bonds. The van der Waals surface area contributed by atoms with Crippen LogP contribution in [0.3, 0.4) is 0 Å². The Morgan fingerprint density at radius 3 is 2.52 bits per heavy atom. The van der Waals surface area contributed by atoms with Crippen molar-refractivity contribution in [2.75, 3.05) is 13.7 Å². The van der Waals surface area contributed by atoms with Crippen molar-refractivity contribution in [3.63, 3.8) is 0 Å². The Balaban J connectivity index is 1.67. The van der Waals surface area contributed by atoms with Crippen molar-refractivity contribution in [3.05, 3.63) is 41.5 Å². The number of rotatable bonds is 6. The van der Waals surface area contributed by atoms with Gasteiger partial charge in [0, 0.05) is 12.5 Å². The number of nitrogens with zero attached hydrogens (tertiary/aromatic N) is 4. The first-order valence-corrected chi connectivity index (χ1v) is 8.92. The number of ether oxygens (including phenoxy) is 1. The molecule has 0 N–H and O–H groups in total. The zero-order valence-electron chi connectivity index (χ0n) is 16.0. The number of benzene rings is 1. The van der Waals surface area contributed by atoms with E-state index in [9.17, 15) is 9.59 Å². The molecule has 2 heterocycles. The van der Waals surface area contributed by atoms with E-state index in [2.05, 4.69) is 10.1 Å². The second kappa shape index (κ2) is 7.77. The first kappa shape index (κ1) is 18.9. The van der Waals surface area contributed by atoms with Gasteiger partial charge in [-0.2, -0.15) is 4.98 Å². The summed E-state index contributed by atoms with van der Waals surface area (Å²) in [5.74, 6) is 1.58. The monoisotopic (exact) mass is 372 g/mol. The molecular weight excluding hydrogens is 348 g/mol. The normalized spacial score (nSPS) is 17.7. The fraction of sp³-hybridized carbons (Fsp3) is 0.474. The summed E-state index contributed by atoms with van der Waals surface area (Å²) in [4.78, 5) is 32.7. The molecule has 2 aromatic rings. The Morgan fingerprint density at radius 2 is 1.93 bits per heavy atom. The fourth-order valence-electron chi connectivity index (χ4n) is 2.97. The van der Waals surface area contributed by atoms with Crippen LogP contribution in [0.5, 0.6) is 5.75 Å². The zero-order chi connectivity index (χ0) is 19.6. The molecule has 3 rings (SSSR count). The van der Waals surface area contributed by atoms with E-state index in [0.717, 1.165) is 11.3 Å². The van der Waals surface area contributed by atoms with Gasteiger partial charge < -0.3 is 19.1 Å². The second-order valence-electron chi connectivity index (χ2n) is 6.94. The quantitative estimate of drug-likeness (QED) is 0.770. The van der Waals surface area contributed by atoms with Gasteiger partial charge in [-0.25, -0.2) is 0 Å². The lowest BCUT2D eigenvalue weighted by Crippen LogP contribution is -2.58. The molecule has 1 aliphatic heterocycles. The number of hydrogen-bond acceptors (Lipinski definition) is 6. The molecule has 1 saturated heterocycles. The third kappa shape index (κ3) is 4.10. The Labute approximate surface area is 158 Å². The minimum atomic E-state index is -0.584. The van der Waals surface area contributed by atoms with Gasteiger partial charge in [0.05, 0.1) is 7.11 Å². The number of methoxy groups -OCH3 is 1. The maximum Gasteiger partial charge on any atom is 0.246 e. The second-order valence-corrected chi connectivity index (χ2v) is 6.94. The molecule has 144 valence electrons. The highest BCUT2D eigenvalue weighted by Crippen LogP contribution is 2.20. The number of amides is 2. The molecule has 0 radical (unpaired) electrons. The molecule has 1 fully saturated rings. The minimum Gasteiger partial charge on any atom is -0.497 e. The highest BCUT2D eigenvalue weighted by molar-refractivity contribution is 5.94. The molecule has 1 aromatic carbocycles. The van der Waals surface area contributed by atoms with Crippen LogP contribution in [0.25, 0.3) is 0 Å². The summed E-state index contributed by atoms with van der Waals surface area (Å²) in [5, 5.41) is 3.91. The van der Waals surface area contributed by atoms with Gasteiger partial charge in [0.25, 0.3) is 0 Å². The maximum absolute atomic E-state index is 12.8. The third-order valence-electron chi connectivity index (χ3n) is 4.62. The van der Waals surface area contributed by atoms with Crippen LogP contribution in [0.4, 0.5) is 0 Å². The third-order valence-corrected chi connectivity index (χ3v) is 4.62. The van der Waals surface area contributed by atoms with Gasteiger partial charge in [0.2, 0.25) is 17.7 Å². The van der Waals surface area contributed by atoms with Crippen LogP contribution >= 0.6 is 0 Å². The van der Waals surface area contributed by atoms with E-state index < -0.39 is 6.04 Å². The first-order chi connectivity index (χ1) is 12.9. The van der Waals surface area contributed by atoms with Gasteiger partial charge in [-0.05, 0) is 24.6 Å². The number of carbonyl (C=O) groups is 2. The van der Waals surface area contributed by atoms with Crippen LogP contribution in [0.1, 0.15) is 44.0 Å². The summed E-state index contributed by atoms with van der Waals surface area (Å²) >= 11 is 0. The summed E-state index contributed by atoms with van der Waals surface area (Å²) in [6.45, 7) is 6.20. The minimum absolute atomic E-state index is 0.0282. The Bertz CT molecular complexity index is 815. The number of piperazine rings is 1. The van der Waals surface area contributed by atoms with Gasteiger partial charge in [-0.3, -0.25) is 9.59 Å². The molecule has 0 aliphatic carbocycles. The molecule has 27 heavy (non-hydrogen) atoms. The Hall–Kier alpha value is -2.90. The van der Waals surface area contributed by atoms with Crippen LogP contribution in [-0.2, 0) is 22.7 Å². The standard InChI is InChI=1S/C19H24N4O4/c1-12(2)18-20-16(27-21-18)10-23-13(3)19(25)22(11-17(23)24)9-14-5-7-15(26-4)8-6-14/h5-8,12-13H,9-11H2,1-4H3/t13-/m0/s1. The van der Waals surface area contributed by atoms with Crippen LogP contribution < -0.4 is 4.74 Å². The molecule has 1 aliphatic rings. The Morgan fingerprint density at radius 1 is 1.22 bits per heavy atom. The SMILES string of the molecule is COc1ccc(CN2CC(=O)N(Cc3nc(C(C)C)no3)[C@@H](C)C2=O)cc1. The highest BCUT2D eigenvalue weighted by Gasteiger charge is 2.37. The number of carbonyl (C=O) groups excluding carboxylic acids is 2. The highest BCUT2D eigenvalue weighted by atomic mass is 16.5. The average Bonchev–Trinajstić information content (AvgIpc) is 3.13. The summed E-state index contributed by atoms with van der Waals surface area (Å²) in [5.41, 5.74) is 0.941. The smallest absolute Gasteiger partial charge is 0.246 e. The summed E-state index contributed by atoms with van der Waals surface area (Å²) < 4.78 is 10.4. The molecule has 0 spiro atoms. The maximum atomic E-state index is 12.8. The first-order valence-electron chi connectivity index (χ1n) is 8.92. The Kier molecular flexibility index (Phi) is 5.43. The number of aromatic nitrogens is 2. The van der Waals surface area contributed by atoms with Crippen LogP contribution in [0, 0.1) is 0 Å². The molecule has 1 atom stereocenters. The zero-order valence-corrected chi connectivity index (χ0v) is 16.0. The molecule has 0 bridgehead atoms. The molecule has 0 saturated carbocycles. The van der Waals surface area contributed by atoms with Crippen LogP contribution in [0.15, 0.2) is 28.8 Å². The van der Waals surface area contributed by atoms with E-state index in [1.165, 1.54) is 4.90 Å². The topological polar surface area (TPSA) is 88.8 Å². The van der Waals surface area contributed by atoms with Gasteiger partial charge in [-0.15, -0.1) is 0 Å². The lowest BCUT2D eigenvalue weighted by molar-refractivity contribution is -0.156. The van der Waals surface area contributed by atoms with Crippen molar-refractivity contribution in [1.29, 1.82) is 0 Å². The van der Waals surface area contributed by atoms with E-state index in [4.69, 9.17) is 9.26 Å². The van der Waals surface area contributed by atoms with E-state index in [1.54, 1.807) is 18.9 Å². The molecule has 8 nitrogen and oxygen atoms in total. The number of hydrogen-bond donors (Lipinski definition) is 0. The van der Waals surface area contributed by atoms with E-state index >= 15 is 0 Å².